The molecule has 1 atom stereocenters. The Morgan fingerprint density at radius 1 is 1.04 bits per heavy atom. The van der Waals surface area contributed by atoms with E-state index < -0.39 is 11.5 Å². The van der Waals surface area contributed by atoms with E-state index in [4.69, 9.17) is 0 Å². The maximum Gasteiger partial charge on any atom is 0.264 e. The lowest BCUT2D eigenvalue weighted by atomic mass is 9.88. The Hall–Kier alpha value is -3.24. The zero-order valence-corrected chi connectivity index (χ0v) is 15.7. The summed E-state index contributed by atoms with van der Waals surface area (Å²) in [6, 6.07) is 20.3. The van der Waals surface area contributed by atoms with E-state index in [2.05, 4.69) is 6.58 Å². The first-order valence-corrected chi connectivity index (χ1v) is 9.20. The van der Waals surface area contributed by atoms with Crippen LogP contribution in [0.3, 0.4) is 0 Å². The summed E-state index contributed by atoms with van der Waals surface area (Å²) in [5.41, 5.74) is 0.512. The van der Waals surface area contributed by atoms with Gasteiger partial charge in [0.05, 0.1) is 12.1 Å². The molecule has 0 radical (unpaired) electrons. The van der Waals surface area contributed by atoms with Gasteiger partial charge in [0, 0.05) is 17.7 Å². The minimum atomic E-state index is -1.87. The summed E-state index contributed by atoms with van der Waals surface area (Å²) in [6.45, 7) is 6.00. The highest BCUT2D eigenvalue weighted by Crippen LogP contribution is 2.43. The molecule has 1 heterocycles. The van der Waals surface area contributed by atoms with Gasteiger partial charge in [-0.2, -0.15) is 0 Å². The highest BCUT2D eigenvalue weighted by atomic mass is 16.3. The molecule has 4 heteroatoms. The zero-order valence-electron chi connectivity index (χ0n) is 15.7. The van der Waals surface area contributed by atoms with Gasteiger partial charge in [-0.25, -0.2) is 0 Å². The average Bonchev–Trinajstić information content (AvgIpc) is 2.89. The lowest BCUT2D eigenvalue weighted by Gasteiger charge is -2.23. The van der Waals surface area contributed by atoms with Crippen LogP contribution in [0.1, 0.15) is 29.3 Å². The minimum absolute atomic E-state index is 0.270. The molecule has 1 aliphatic heterocycles. The van der Waals surface area contributed by atoms with Crippen LogP contribution in [0.4, 0.5) is 5.69 Å². The van der Waals surface area contributed by atoms with Crippen molar-refractivity contribution in [3.05, 3.63) is 90.0 Å². The van der Waals surface area contributed by atoms with Gasteiger partial charge in [-0.1, -0.05) is 66.7 Å². The van der Waals surface area contributed by atoms with Crippen molar-refractivity contribution in [2.75, 3.05) is 11.4 Å². The molecule has 1 N–H and O–H groups in total. The second-order valence-electron chi connectivity index (χ2n) is 7.39. The maximum atomic E-state index is 13.1. The molecule has 0 fully saturated rings. The number of para-hydroxylation sites is 1. The van der Waals surface area contributed by atoms with E-state index in [0.29, 0.717) is 23.4 Å². The van der Waals surface area contributed by atoms with Crippen molar-refractivity contribution in [3.63, 3.8) is 0 Å². The average molecular weight is 371 g/mol. The molecule has 3 aromatic rings. The number of Topliss-reactive ketones (excluding diaryl/α,β-unsaturated/α-hetero) is 1. The summed E-state index contributed by atoms with van der Waals surface area (Å²) < 4.78 is 0. The standard InChI is InChI=1S/C24H21NO3/c1-16(2)15-25-21-10-6-5-9-20(21)24(28,23(25)27)14-22(26)19-12-11-17-7-3-4-8-18(17)13-19/h3-13,28H,1,14-15H2,2H3/t24-/m0/s1. The predicted octanol–water partition coefficient (Wildman–Crippen LogP) is 4.22. The number of hydrogen-bond acceptors (Lipinski definition) is 3. The van der Waals surface area contributed by atoms with Crippen LogP contribution in [0.15, 0.2) is 78.9 Å². The predicted molar refractivity (Wildman–Crippen MR) is 110 cm³/mol. The summed E-state index contributed by atoms with van der Waals surface area (Å²) >= 11 is 0. The molecule has 0 bridgehead atoms. The van der Waals surface area contributed by atoms with Gasteiger partial charge < -0.3 is 10.0 Å². The summed E-state index contributed by atoms with van der Waals surface area (Å²) in [7, 11) is 0. The minimum Gasteiger partial charge on any atom is -0.375 e. The normalized spacial score (nSPS) is 18.4. The van der Waals surface area contributed by atoms with E-state index in [1.807, 2.05) is 43.3 Å². The number of hydrogen-bond donors (Lipinski definition) is 1. The number of ketones is 1. The lowest BCUT2D eigenvalue weighted by molar-refractivity contribution is -0.135. The Morgan fingerprint density at radius 3 is 2.46 bits per heavy atom. The first-order valence-electron chi connectivity index (χ1n) is 9.20. The molecule has 0 aliphatic carbocycles. The smallest absolute Gasteiger partial charge is 0.264 e. The molecule has 0 saturated heterocycles. The monoisotopic (exact) mass is 371 g/mol. The molecule has 0 aromatic heterocycles. The Balaban J connectivity index is 1.70. The van der Waals surface area contributed by atoms with Gasteiger partial charge >= 0.3 is 0 Å². The number of anilines is 1. The molecule has 4 rings (SSSR count). The molecule has 1 amide bonds. The van der Waals surface area contributed by atoms with Crippen molar-refractivity contribution in [3.8, 4) is 0 Å². The topological polar surface area (TPSA) is 57.6 Å². The van der Waals surface area contributed by atoms with Gasteiger partial charge in [-0.3, -0.25) is 9.59 Å². The van der Waals surface area contributed by atoms with E-state index in [0.717, 1.165) is 16.3 Å². The molecule has 1 aliphatic rings. The Bertz CT molecular complexity index is 1120. The molecule has 0 saturated carbocycles. The SMILES string of the molecule is C=C(C)CN1C(=O)[C@](O)(CC(=O)c2ccc3ccccc3c2)c2ccccc21. The van der Waals surface area contributed by atoms with Crippen LogP contribution in [0.25, 0.3) is 10.8 Å². The van der Waals surface area contributed by atoms with Crippen molar-refractivity contribution in [1.29, 1.82) is 0 Å². The number of fused-ring (bicyclic) bond motifs is 2. The van der Waals surface area contributed by atoms with Gasteiger partial charge in [0.25, 0.3) is 5.91 Å². The van der Waals surface area contributed by atoms with Gasteiger partial charge in [-0.15, -0.1) is 0 Å². The summed E-state index contributed by atoms with van der Waals surface area (Å²) in [5.74, 6) is -0.751. The molecular weight excluding hydrogens is 350 g/mol. The van der Waals surface area contributed by atoms with E-state index in [-0.39, 0.29) is 12.2 Å². The lowest BCUT2D eigenvalue weighted by Crippen LogP contribution is -2.42. The molecule has 4 nitrogen and oxygen atoms in total. The quantitative estimate of drug-likeness (QED) is 0.540. The van der Waals surface area contributed by atoms with Crippen molar-refractivity contribution in [2.45, 2.75) is 18.9 Å². The van der Waals surface area contributed by atoms with Gasteiger partial charge in [0.1, 0.15) is 0 Å². The first kappa shape index (κ1) is 18.1. The van der Waals surface area contributed by atoms with Crippen LogP contribution in [-0.4, -0.2) is 23.3 Å². The summed E-state index contributed by atoms with van der Waals surface area (Å²) in [6.07, 6.45) is -0.298. The molecule has 28 heavy (non-hydrogen) atoms. The zero-order chi connectivity index (χ0) is 19.9. The highest BCUT2D eigenvalue weighted by molar-refractivity contribution is 6.11. The second kappa shape index (κ2) is 6.73. The highest BCUT2D eigenvalue weighted by Gasteiger charge is 2.50. The maximum absolute atomic E-state index is 13.1. The number of carbonyl (C=O) groups excluding carboxylic acids is 2. The van der Waals surface area contributed by atoms with Gasteiger partial charge in [0.15, 0.2) is 11.4 Å². The van der Waals surface area contributed by atoms with Crippen molar-refractivity contribution >= 4 is 28.2 Å². The van der Waals surface area contributed by atoms with Crippen molar-refractivity contribution in [2.24, 2.45) is 0 Å². The third-order valence-electron chi connectivity index (χ3n) is 5.16. The number of amides is 1. The largest absolute Gasteiger partial charge is 0.375 e. The fourth-order valence-corrected chi connectivity index (χ4v) is 3.80. The fraction of sp³-hybridized carbons (Fsp3) is 0.167. The summed E-state index contributed by atoms with van der Waals surface area (Å²) in [5, 5.41) is 13.3. The van der Waals surface area contributed by atoms with Crippen LogP contribution in [0.5, 0.6) is 0 Å². The number of benzene rings is 3. The van der Waals surface area contributed by atoms with E-state index in [1.165, 1.54) is 4.90 Å². The molecular formula is C24H21NO3. The number of rotatable bonds is 5. The van der Waals surface area contributed by atoms with Crippen LogP contribution >= 0.6 is 0 Å². The molecule has 3 aromatic carbocycles. The number of nitrogens with zero attached hydrogens (tertiary/aromatic N) is 1. The second-order valence-corrected chi connectivity index (χ2v) is 7.39. The van der Waals surface area contributed by atoms with Crippen LogP contribution in [0, 0.1) is 0 Å². The number of carbonyl (C=O) groups is 2. The van der Waals surface area contributed by atoms with Crippen LogP contribution in [0.2, 0.25) is 0 Å². The van der Waals surface area contributed by atoms with E-state index >= 15 is 0 Å². The first-order chi connectivity index (χ1) is 13.4. The third kappa shape index (κ3) is 2.92. The third-order valence-corrected chi connectivity index (χ3v) is 5.16. The Kier molecular flexibility index (Phi) is 4.36. The number of aliphatic hydroxyl groups is 1. The van der Waals surface area contributed by atoms with E-state index in [1.54, 1.807) is 30.3 Å². The molecule has 0 spiro atoms. The van der Waals surface area contributed by atoms with Crippen LogP contribution in [-0.2, 0) is 10.4 Å². The van der Waals surface area contributed by atoms with Crippen LogP contribution < -0.4 is 4.90 Å². The van der Waals surface area contributed by atoms with Crippen molar-refractivity contribution < 1.29 is 14.7 Å². The molecule has 140 valence electrons. The Morgan fingerprint density at radius 2 is 1.71 bits per heavy atom. The van der Waals surface area contributed by atoms with E-state index in [9.17, 15) is 14.7 Å². The fourth-order valence-electron chi connectivity index (χ4n) is 3.80. The van der Waals surface area contributed by atoms with Gasteiger partial charge in [-0.05, 0) is 29.8 Å². The van der Waals surface area contributed by atoms with Crippen molar-refractivity contribution in [1.82, 2.24) is 0 Å². The molecule has 0 unspecified atom stereocenters. The Labute approximate surface area is 163 Å². The summed E-state index contributed by atoms with van der Waals surface area (Å²) in [4.78, 5) is 27.6. The van der Waals surface area contributed by atoms with Gasteiger partial charge in [0.2, 0.25) is 0 Å².